The number of rotatable bonds is 4. The van der Waals surface area contributed by atoms with E-state index >= 15 is 0 Å². The summed E-state index contributed by atoms with van der Waals surface area (Å²) >= 11 is 0. The summed E-state index contributed by atoms with van der Waals surface area (Å²) < 4.78 is 9.57. The second kappa shape index (κ2) is 8.81. The van der Waals surface area contributed by atoms with Crippen LogP contribution in [-0.2, 0) is 7.05 Å². The Bertz CT molecular complexity index is 1670. The molecule has 0 radical (unpaired) electrons. The average molecular weight is 486 g/mol. The summed E-state index contributed by atoms with van der Waals surface area (Å²) in [5, 5.41) is 14.8. The van der Waals surface area contributed by atoms with Crippen molar-refractivity contribution in [3.05, 3.63) is 113 Å². The van der Waals surface area contributed by atoms with Gasteiger partial charge in [0, 0.05) is 36.9 Å². The molecular weight excluding hydrogens is 462 g/mol. The lowest BCUT2D eigenvalue weighted by Gasteiger charge is -2.25. The Hall–Kier alpha value is -5.16. The molecule has 2 aromatic carbocycles. The van der Waals surface area contributed by atoms with Crippen LogP contribution in [0.15, 0.2) is 96.8 Å². The van der Waals surface area contributed by atoms with Crippen LogP contribution in [0.25, 0.3) is 28.5 Å². The molecule has 2 N–H and O–H groups in total. The number of imidazole rings is 1. The Labute approximate surface area is 213 Å². The molecule has 0 spiro atoms. The number of allylic oxidation sites excluding steroid dienone is 1. The zero-order chi connectivity index (χ0) is 25.5. The molecule has 0 fully saturated rings. The third-order valence-electron chi connectivity index (χ3n) is 6.56. The van der Waals surface area contributed by atoms with Crippen molar-refractivity contribution >= 4 is 0 Å². The highest BCUT2D eigenvalue weighted by Crippen LogP contribution is 2.46. The number of aryl methyl sites for hydroxylation is 2. The Balaban J connectivity index is 1.46. The molecule has 37 heavy (non-hydrogen) atoms. The third-order valence-corrected chi connectivity index (χ3v) is 6.56. The van der Waals surface area contributed by atoms with E-state index in [1.165, 1.54) is 0 Å². The number of fused-ring (bicyclic) bond motifs is 1. The normalized spacial score (nSPS) is 14.7. The molecule has 180 valence electrons. The van der Waals surface area contributed by atoms with Gasteiger partial charge in [0.25, 0.3) is 0 Å². The van der Waals surface area contributed by atoms with Crippen molar-refractivity contribution in [2.45, 2.75) is 12.8 Å². The van der Waals surface area contributed by atoms with Crippen LogP contribution < -0.4 is 10.5 Å². The zero-order valence-corrected chi connectivity index (χ0v) is 20.3. The summed E-state index contributed by atoms with van der Waals surface area (Å²) in [5.74, 6) is 0.950. The highest BCUT2D eigenvalue weighted by Gasteiger charge is 2.36. The average Bonchev–Trinajstić information content (AvgIpc) is 3.54. The lowest BCUT2D eigenvalue weighted by atomic mass is 9.83. The first kappa shape index (κ1) is 22.3. The number of aromatic nitrogens is 5. The van der Waals surface area contributed by atoms with Crippen molar-refractivity contribution in [2.24, 2.45) is 12.8 Å². The molecule has 6 rings (SSSR count). The van der Waals surface area contributed by atoms with Crippen molar-refractivity contribution in [3.8, 4) is 40.4 Å². The van der Waals surface area contributed by atoms with E-state index in [4.69, 9.17) is 15.6 Å². The van der Waals surface area contributed by atoms with Gasteiger partial charge in [0.15, 0.2) is 5.82 Å². The summed E-state index contributed by atoms with van der Waals surface area (Å²) in [6, 6.07) is 24.2. The molecule has 0 amide bonds. The maximum Gasteiger partial charge on any atom is 0.224 e. The number of nitrogens with two attached hydrogens (primary N) is 1. The number of nitriles is 1. The molecule has 3 aromatic heterocycles. The monoisotopic (exact) mass is 485 g/mol. The summed E-state index contributed by atoms with van der Waals surface area (Å²) in [6.45, 7) is 2.04. The minimum atomic E-state index is -0.425. The van der Waals surface area contributed by atoms with E-state index in [1.54, 1.807) is 17.1 Å². The van der Waals surface area contributed by atoms with Gasteiger partial charge < -0.3 is 10.5 Å². The molecular formula is C29H23N7O. The van der Waals surface area contributed by atoms with Gasteiger partial charge >= 0.3 is 0 Å². The van der Waals surface area contributed by atoms with Gasteiger partial charge in [-0.15, -0.1) is 0 Å². The van der Waals surface area contributed by atoms with Gasteiger partial charge in [-0.1, -0.05) is 48.0 Å². The third kappa shape index (κ3) is 3.74. The van der Waals surface area contributed by atoms with Gasteiger partial charge in [-0.05, 0) is 36.8 Å². The van der Waals surface area contributed by atoms with E-state index in [-0.39, 0.29) is 5.88 Å². The smallest absolute Gasteiger partial charge is 0.224 e. The van der Waals surface area contributed by atoms with E-state index in [1.807, 2.05) is 91.5 Å². The number of ether oxygens (including phenoxy) is 1. The Kier molecular flexibility index (Phi) is 5.31. The van der Waals surface area contributed by atoms with Gasteiger partial charge in [-0.2, -0.15) is 10.4 Å². The van der Waals surface area contributed by atoms with Crippen LogP contribution in [0.1, 0.15) is 22.6 Å². The standard InChI is InChI=1S/C29H23N7O/c1-18-6-8-20(9-7-18)26-25-24(22(17-30)27(31)37-29(25)35(2)34-26)19-10-12-21(13-11-19)36-16-15-33-28(36)23-5-3-4-14-32-23/h3-16,24H,31H2,1-2H3. The second-order valence-electron chi connectivity index (χ2n) is 8.91. The van der Waals surface area contributed by atoms with E-state index in [9.17, 15) is 5.26 Å². The van der Waals surface area contributed by atoms with Gasteiger partial charge in [0.2, 0.25) is 11.8 Å². The largest absolute Gasteiger partial charge is 0.422 e. The van der Waals surface area contributed by atoms with E-state index in [2.05, 4.69) is 16.0 Å². The fourth-order valence-corrected chi connectivity index (χ4v) is 4.75. The number of benzene rings is 2. The summed E-state index contributed by atoms with van der Waals surface area (Å²) in [4.78, 5) is 8.94. The number of hydrogen-bond donors (Lipinski definition) is 1. The molecule has 0 saturated carbocycles. The SMILES string of the molecule is Cc1ccc(-c2nn(C)c3c2C(c2ccc(-n4ccnc4-c4ccccn4)cc2)C(C#N)=C(N)O3)cc1. The van der Waals surface area contributed by atoms with Crippen LogP contribution in [0.2, 0.25) is 0 Å². The van der Waals surface area contributed by atoms with Crippen LogP contribution in [-0.4, -0.2) is 24.3 Å². The first-order chi connectivity index (χ1) is 18.0. The Morgan fingerprint density at radius 3 is 2.46 bits per heavy atom. The molecule has 8 heteroatoms. The highest BCUT2D eigenvalue weighted by atomic mass is 16.5. The fourth-order valence-electron chi connectivity index (χ4n) is 4.75. The molecule has 1 unspecified atom stereocenters. The molecule has 0 bridgehead atoms. The molecule has 0 aliphatic carbocycles. The van der Waals surface area contributed by atoms with E-state index in [0.717, 1.165) is 45.2 Å². The van der Waals surface area contributed by atoms with Crippen molar-refractivity contribution in [1.82, 2.24) is 24.3 Å². The van der Waals surface area contributed by atoms with Gasteiger partial charge in [-0.25, -0.2) is 9.67 Å². The van der Waals surface area contributed by atoms with E-state index < -0.39 is 5.92 Å². The van der Waals surface area contributed by atoms with Crippen molar-refractivity contribution < 1.29 is 4.74 Å². The Morgan fingerprint density at radius 1 is 0.973 bits per heavy atom. The van der Waals surface area contributed by atoms with Crippen molar-refractivity contribution in [2.75, 3.05) is 0 Å². The van der Waals surface area contributed by atoms with Gasteiger partial charge in [0.05, 0.1) is 11.5 Å². The lowest BCUT2D eigenvalue weighted by molar-refractivity contribution is 0.358. The molecule has 5 aromatic rings. The first-order valence-corrected chi connectivity index (χ1v) is 11.8. The predicted octanol–water partition coefficient (Wildman–Crippen LogP) is 4.86. The predicted molar refractivity (Wildman–Crippen MR) is 139 cm³/mol. The van der Waals surface area contributed by atoms with E-state index in [0.29, 0.717) is 11.5 Å². The minimum absolute atomic E-state index is 0.0922. The lowest BCUT2D eigenvalue weighted by Crippen LogP contribution is -2.21. The van der Waals surface area contributed by atoms with Gasteiger partial charge in [0.1, 0.15) is 23.0 Å². The van der Waals surface area contributed by atoms with Crippen LogP contribution >= 0.6 is 0 Å². The zero-order valence-electron chi connectivity index (χ0n) is 20.3. The summed E-state index contributed by atoms with van der Waals surface area (Å²) in [7, 11) is 1.82. The summed E-state index contributed by atoms with van der Waals surface area (Å²) in [5.41, 5.74) is 12.9. The topological polar surface area (TPSA) is 108 Å². The van der Waals surface area contributed by atoms with Crippen LogP contribution in [0.5, 0.6) is 5.88 Å². The number of pyridine rings is 1. The first-order valence-electron chi connectivity index (χ1n) is 11.8. The molecule has 4 heterocycles. The van der Waals surface area contributed by atoms with Crippen molar-refractivity contribution in [1.29, 1.82) is 5.26 Å². The molecule has 1 aliphatic heterocycles. The minimum Gasteiger partial charge on any atom is -0.422 e. The maximum atomic E-state index is 10.1. The van der Waals surface area contributed by atoms with Gasteiger partial charge in [-0.3, -0.25) is 9.55 Å². The molecule has 1 aliphatic rings. The second-order valence-corrected chi connectivity index (χ2v) is 8.91. The molecule has 8 nitrogen and oxygen atoms in total. The van der Waals surface area contributed by atoms with Crippen LogP contribution in [0.4, 0.5) is 0 Å². The Morgan fingerprint density at radius 2 is 1.76 bits per heavy atom. The summed E-state index contributed by atoms with van der Waals surface area (Å²) in [6.07, 6.45) is 5.41. The quantitative estimate of drug-likeness (QED) is 0.389. The number of nitrogens with zero attached hydrogens (tertiary/aromatic N) is 6. The van der Waals surface area contributed by atoms with Crippen LogP contribution in [0, 0.1) is 18.3 Å². The van der Waals surface area contributed by atoms with Crippen molar-refractivity contribution in [3.63, 3.8) is 0 Å². The fraction of sp³-hybridized carbons (Fsp3) is 0.103. The molecule has 0 saturated heterocycles. The number of hydrogen-bond acceptors (Lipinski definition) is 6. The maximum absolute atomic E-state index is 10.1. The molecule has 1 atom stereocenters. The highest BCUT2D eigenvalue weighted by molar-refractivity contribution is 5.71. The van der Waals surface area contributed by atoms with Crippen LogP contribution in [0.3, 0.4) is 0 Å².